The molecule has 3 rings (SSSR count). The van der Waals surface area contributed by atoms with Gasteiger partial charge in [-0.15, -0.1) is 0 Å². The zero-order valence-corrected chi connectivity index (χ0v) is 16.2. The number of nitrogens with zero attached hydrogens (tertiary/aromatic N) is 1. The summed E-state index contributed by atoms with van der Waals surface area (Å²) in [6, 6.07) is 11.0. The first kappa shape index (κ1) is 19.4. The number of amides is 1. The van der Waals surface area contributed by atoms with Gasteiger partial charge in [0.1, 0.15) is 5.75 Å². The zero-order valence-electron chi connectivity index (χ0n) is 15.3. The summed E-state index contributed by atoms with van der Waals surface area (Å²) in [5, 5.41) is 2.41. The molecule has 0 bridgehead atoms. The van der Waals surface area contributed by atoms with E-state index in [0.717, 1.165) is 31.2 Å². The molecular weight excluding hydrogens is 364 g/mol. The van der Waals surface area contributed by atoms with Crippen molar-refractivity contribution in [3.8, 4) is 11.6 Å². The van der Waals surface area contributed by atoms with Gasteiger partial charge in [-0.1, -0.05) is 30.5 Å². The van der Waals surface area contributed by atoms with Crippen LogP contribution in [0.2, 0.25) is 0 Å². The first-order valence-corrected chi connectivity index (χ1v) is 10.9. The smallest absolute Gasteiger partial charge is 0.225 e. The van der Waals surface area contributed by atoms with E-state index in [9.17, 15) is 13.2 Å². The normalized spacial score (nSPS) is 14.9. The molecule has 0 aliphatic heterocycles. The quantitative estimate of drug-likeness (QED) is 0.778. The van der Waals surface area contributed by atoms with Gasteiger partial charge in [0.15, 0.2) is 9.84 Å². The van der Waals surface area contributed by atoms with Crippen molar-refractivity contribution < 1.29 is 17.9 Å². The van der Waals surface area contributed by atoms with Gasteiger partial charge in [0.05, 0.1) is 22.9 Å². The van der Waals surface area contributed by atoms with Crippen LogP contribution in [0.15, 0.2) is 42.6 Å². The van der Waals surface area contributed by atoms with E-state index < -0.39 is 9.84 Å². The van der Waals surface area contributed by atoms with Crippen molar-refractivity contribution in [3.63, 3.8) is 0 Å². The van der Waals surface area contributed by atoms with Gasteiger partial charge in [0.25, 0.3) is 0 Å². The fraction of sp³-hybridized carbons (Fsp3) is 0.400. The van der Waals surface area contributed by atoms with Gasteiger partial charge in [-0.05, 0) is 38.0 Å². The lowest BCUT2D eigenvalue weighted by Gasteiger charge is -2.11. The number of sulfone groups is 1. The molecular formula is C20H24N2O4S. The molecule has 1 N–H and O–H groups in total. The summed E-state index contributed by atoms with van der Waals surface area (Å²) in [5.41, 5.74) is 1.65. The molecule has 1 aromatic heterocycles. The highest BCUT2D eigenvalue weighted by Crippen LogP contribution is 2.25. The lowest BCUT2D eigenvalue weighted by atomic mass is 10.2. The minimum atomic E-state index is -3.19. The monoisotopic (exact) mass is 388 g/mol. The summed E-state index contributed by atoms with van der Waals surface area (Å²) in [6.45, 7) is 2.00. The number of pyridine rings is 1. The van der Waals surface area contributed by atoms with Crippen LogP contribution in [0.3, 0.4) is 0 Å². The number of nitrogens with one attached hydrogen (secondary N) is 1. The van der Waals surface area contributed by atoms with Crippen LogP contribution >= 0.6 is 0 Å². The van der Waals surface area contributed by atoms with E-state index >= 15 is 0 Å². The number of aryl methyl sites for hydroxylation is 1. The number of carbonyl (C=O) groups is 1. The van der Waals surface area contributed by atoms with Crippen LogP contribution in [-0.4, -0.2) is 30.3 Å². The van der Waals surface area contributed by atoms with Crippen molar-refractivity contribution in [3.05, 3.63) is 48.2 Å². The van der Waals surface area contributed by atoms with E-state index in [-0.39, 0.29) is 23.3 Å². The lowest BCUT2D eigenvalue weighted by Crippen LogP contribution is -2.24. The van der Waals surface area contributed by atoms with Crippen LogP contribution in [0, 0.1) is 6.92 Å². The SMILES string of the molecule is Cc1ccc(Oc2ccc(NC(=O)CCS(=O)(=O)C3CCCC3)cn2)cc1. The number of carbonyl (C=O) groups excluding carboxylic acids is 1. The van der Waals surface area contributed by atoms with Gasteiger partial charge in [-0.3, -0.25) is 4.79 Å². The molecule has 2 aromatic rings. The van der Waals surface area contributed by atoms with Gasteiger partial charge >= 0.3 is 0 Å². The number of rotatable bonds is 7. The molecule has 1 amide bonds. The van der Waals surface area contributed by atoms with Crippen LogP contribution in [0.5, 0.6) is 11.6 Å². The fourth-order valence-electron chi connectivity index (χ4n) is 3.11. The topological polar surface area (TPSA) is 85.4 Å². The number of ether oxygens (including phenoxy) is 1. The highest BCUT2D eigenvalue weighted by molar-refractivity contribution is 7.92. The fourth-order valence-corrected chi connectivity index (χ4v) is 4.97. The third-order valence-electron chi connectivity index (χ3n) is 4.69. The zero-order chi connectivity index (χ0) is 19.3. The minimum absolute atomic E-state index is 0.0412. The Labute approximate surface area is 159 Å². The van der Waals surface area contributed by atoms with E-state index in [1.165, 1.54) is 6.20 Å². The molecule has 6 nitrogen and oxygen atoms in total. The maximum atomic E-state index is 12.2. The van der Waals surface area contributed by atoms with Crippen molar-refractivity contribution in [1.82, 2.24) is 4.98 Å². The molecule has 1 aliphatic carbocycles. The number of anilines is 1. The number of aromatic nitrogens is 1. The van der Waals surface area contributed by atoms with E-state index in [1.54, 1.807) is 12.1 Å². The predicted octanol–water partition coefficient (Wildman–Crippen LogP) is 3.87. The maximum Gasteiger partial charge on any atom is 0.225 e. The predicted molar refractivity (Wildman–Crippen MR) is 105 cm³/mol. The van der Waals surface area contributed by atoms with Crippen molar-refractivity contribution in [2.24, 2.45) is 0 Å². The largest absolute Gasteiger partial charge is 0.439 e. The Balaban J connectivity index is 1.50. The summed E-state index contributed by atoms with van der Waals surface area (Å²) in [7, 11) is -3.19. The summed E-state index contributed by atoms with van der Waals surface area (Å²) < 4.78 is 30.1. The van der Waals surface area contributed by atoms with E-state index in [1.807, 2.05) is 31.2 Å². The van der Waals surface area contributed by atoms with Crippen LogP contribution in [0.4, 0.5) is 5.69 Å². The van der Waals surface area contributed by atoms with Gasteiger partial charge in [0.2, 0.25) is 11.8 Å². The number of hydrogen-bond acceptors (Lipinski definition) is 5. The second-order valence-electron chi connectivity index (χ2n) is 6.87. The van der Waals surface area contributed by atoms with E-state index in [2.05, 4.69) is 10.3 Å². The summed E-state index contributed by atoms with van der Waals surface area (Å²) in [4.78, 5) is 16.2. The molecule has 144 valence electrons. The van der Waals surface area contributed by atoms with Gasteiger partial charge in [0, 0.05) is 12.5 Å². The van der Waals surface area contributed by atoms with Gasteiger partial charge < -0.3 is 10.1 Å². The lowest BCUT2D eigenvalue weighted by molar-refractivity contribution is -0.115. The van der Waals surface area contributed by atoms with Gasteiger partial charge in [-0.2, -0.15) is 0 Å². The highest BCUT2D eigenvalue weighted by atomic mass is 32.2. The number of benzene rings is 1. The van der Waals surface area contributed by atoms with E-state index in [4.69, 9.17) is 4.74 Å². The van der Waals surface area contributed by atoms with Crippen molar-refractivity contribution in [2.75, 3.05) is 11.1 Å². The Bertz CT molecular complexity index is 871. The Morgan fingerprint density at radius 1 is 1.15 bits per heavy atom. The molecule has 0 atom stereocenters. The summed E-state index contributed by atoms with van der Waals surface area (Å²) >= 11 is 0. The summed E-state index contributed by atoms with van der Waals surface area (Å²) in [5.74, 6) is 0.666. The Morgan fingerprint density at radius 3 is 2.48 bits per heavy atom. The van der Waals surface area contributed by atoms with Crippen LogP contribution in [0.25, 0.3) is 0 Å². The third-order valence-corrected chi connectivity index (χ3v) is 6.95. The van der Waals surface area contributed by atoms with Crippen molar-refractivity contribution in [1.29, 1.82) is 0 Å². The molecule has 7 heteroatoms. The molecule has 0 spiro atoms. The molecule has 1 aromatic carbocycles. The molecule has 0 unspecified atom stereocenters. The average Bonchev–Trinajstić information content (AvgIpc) is 3.19. The molecule has 0 saturated heterocycles. The standard InChI is InChI=1S/C20H24N2O4S/c1-15-6-9-17(10-7-15)26-20-11-8-16(14-21-20)22-19(23)12-13-27(24,25)18-4-2-3-5-18/h6-11,14,18H,2-5,12-13H2,1H3,(H,22,23). The first-order valence-electron chi connectivity index (χ1n) is 9.14. The van der Waals surface area contributed by atoms with Crippen molar-refractivity contribution in [2.45, 2.75) is 44.3 Å². The van der Waals surface area contributed by atoms with Crippen LogP contribution in [0.1, 0.15) is 37.7 Å². The minimum Gasteiger partial charge on any atom is -0.439 e. The van der Waals surface area contributed by atoms with Gasteiger partial charge in [-0.25, -0.2) is 13.4 Å². The second-order valence-corrected chi connectivity index (χ2v) is 9.27. The Kier molecular flexibility index (Phi) is 6.11. The molecule has 1 fully saturated rings. The Morgan fingerprint density at radius 2 is 1.85 bits per heavy atom. The molecule has 27 heavy (non-hydrogen) atoms. The van der Waals surface area contributed by atoms with E-state index in [0.29, 0.717) is 17.3 Å². The maximum absolute atomic E-state index is 12.2. The Hall–Kier alpha value is -2.41. The van der Waals surface area contributed by atoms with Crippen molar-refractivity contribution >= 4 is 21.4 Å². The molecule has 1 saturated carbocycles. The summed E-state index contributed by atoms with van der Waals surface area (Å²) in [6.07, 6.45) is 4.80. The third kappa shape index (κ3) is 5.53. The molecule has 1 aliphatic rings. The van der Waals surface area contributed by atoms with Crippen LogP contribution in [-0.2, 0) is 14.6 Å². The molecule has 0 radical (unpaired) electrons. The highest BCUT2D eigenvalue weighted by Gasteiger charge is 2.28. The molecule has 1 heterocycles. The number of hydrogen-bond donors (Lipinski definition) is 1. The van der Waals surface area contributed by atoms with Crippen LogP contribution < -0.4 is 10.1 Å². The second kappa shape index (κ2) is 8.52. The average molecular weight is 388 g/mol. The first-order chi connectivity index (χ1) is 12.9.